The second kappa shape index (κ2) is 5.55. The van der Waals surface area contributed by atoms with Crippen LogP contribution in [0, 0.1) is 0 Å². The van der Waals surface area contributed by atoms with Gasteiger partial charge in [0.25, 0.3) is 0 Å². The van der Waals surface area contributed by atoms with Gasteiger partial charge >= 0.3 is 0 Å². The van der Waals surface area contributed by atoms with Gasteiger partial charge in [-0.2, -0.15) is 0 Å². The predicted molar refractivity (Wildman–Crippen MR) is 73.1 cm³/mol. The molecule has 0 bridgehead atoms. The monoisotopic (exact) mass is 208 g/mol. The van der Waals surface area contributed by atoms with Crippen molar-refractivity contribution in [3.8, 4) is 0 Å². The molecule has 80 valence electrons. The van der Waals surface area contributed by atoms with Crippen LogP contribution >= 0.6 is 0 Å². The molecule has 0 atom stereocenters. The normalized spacial score (nSPS) is 10.2. The number of aryl methyl sites for hydroxylation is 2. The molecule has 2 rings (SSSR count). The lowest BCUT2D eigenvalue weighted by atomic mass is 9.94. The first-order valence-electron chi connectivity index (χ1n) is 5.94. The van der Waals surface area contributed by atoms with Crippen LogP contribution in [0.2, 0.25) is 0 Å². The van der Waals surface area contributed by atoms with E-state index in [0.717, 1.165) is 0 Å². The Kier molecular flexibility index (Phi) is 3.82. The maximum Gasteiger partial charge on any atom is 0.139 e. The summed E-state index contributed by atoms with van der Waals surface area (Å²) in [4.78, 5) is 0. The molecule has 0 unspecified atom stereocenters. The van der Waals surface area contributed by atoms with Crippen LogP contribution in [0.3, 0.4) is 0 Å². The minimum Gasteiger partial charge on any atom is -0.0889 e. The van der Waals surface area contributed by atoms with Crippen molar-refractivity contribution in [2.24, 2.45) is 0 Å². The van der Waals surface area contributed by atoms with E-state index in [2.05, 4.69) is 62.4 Å². The first-order chi connectivity index (χ1) is 7.84. The smallest absolute Gasteiger partial charge is 0.0889 e. The molecule has 0 aliphatic carbocycles. The zero-order valence-corrected chi connectivity index (χ0v) is 9.82. The summed E-state index contributed by atoms with van der Waals surface area (Å²) in [6.45, 7) is 0. The Morgan fingerprint density at radius 1 is 0.688 bits per heavy atom. The van der Waals surface area contributed by atoms with E-state index in [1.165, 1.54) is 35.9 Å². The first kappa shape index (κ1) is 11.0. The van der Waals surface area contributed by atoms with Gasteiger partial charge in [-0.3, -0.25) is 0 Å². The quantitative estimate of drug-likeness (QED) is 0.675. The minimum absolute atomic E-state index is 1.18. The lowest BCUT2D eigenvalue weighted by Gasteiger charge is -2.02. The lowest BCUT2D eigenvalue weighted by molar-refractivity contribution is 0.821. The molecule has 0 saturated heterocycles. The second-order valence-corrected chi connectivity index (χ2v) is 4.32. The van der Waals surface area contributed by atoms with Crippen LogP contribution in [0.1, 0.15) is 17.5 Å². The summed E-state index contributed by atoms with van der Waals surface area (Å²) in [5.41, 5.74) is 4.22. The highest BCUT2D eigenvalue weighted by Gasteiger charge is 1.94. The fourth-order valence-corrected chi connectivity index (χ4v) is 1.90. The zero-order valence-electron chi connectivity index (χ0n) is 9.82. The number of rotatable bonds is 4. The van der Waals surface area contributed by atoms with Crippen molar-refractivity contribution in [1.82, 2.24) is 0 Å². The van der Waals surface area contributed by atoms with E-state index in [0.29, 0.717) is 0 Å². The Hall–Kier alpha value is -1.50. The van der Waals surface area contributed by atoms with Crippen molar-refractivity contribution in [2.75, 3.05) is 0 Å². The molecule has 0 N–H and O–H groups in total. The minimum atomic E-state index is 1.18. The van der Waals surface area contributed by atoms with Crippen molar-refractivity contribution in [3.63, 3.8) is 0 Å². The molecule has 0 amide bonds. The molecule has 0 aromatic heterocycles. The molecule has 0 saturated carbocycles. The summed E-state index contributed by atoms with van der Waals surface area (Å²) >= 11 is 0. The van der Waals surface area contributed by atoms with Gasteiger partial charge in [0.2, 0.25) is 0 Å². The molecule has 0 radical (unpaired) electrons. The summed E-state index contributed by atoms with van der Waals surface area (Å²) in [5, 5.41) is 0. The van der Waals surface area contributed by atoms with Crippen molar-refractivity contribution < 1.29 is 0 Å². The van der Waals surface area contributed by atoms with Crippen LogP contribution in [0.5, 0.6) is 0 Å². The summed E-state index contributed by atoms with van der Waals surface area (Å²) in [6.07, 6.45) is 3.58. The molecule has 1 heteroatoms. The van der Waals surface area contributed by atoms with Gasteiger partial charge < -0.3 is 0 Å². The fourth-order valence-electron chi connectivity index (χ4n) is 1.90. The molecule has 0 spiro atoms. The van der Waals surface area contributed by atoms with Crippen LogP contribution in [0.25, 0.3) is 0 Å². The summed E-state index contributed by atoms with van der Waals surface area (Å²) in [6, 6.07) is 19.6. The molecular formula is C15H17B. The number of hydrogen-bond donors (Lipinski definition) is 0. The second-order valence-electron chi connectivity index (χ2n) is 4.32. The predicted octanol–water partition coefficient (Wildman–Crippen LogP) is 2.12. The standard InChI is InChI=1S/C15H17B/c16-15-11-9-14(10-12-15)8-4-7-13-5-2-1-3-6-13/h1-3,5-6,9-12H,4,7-8,16H2. The first-order valence-corrected chi connectivity index (χ1v) is 5.94. The largest absolute Gasteiger partial charge is 0.139 e. The van der Waals surface area contributed by atoms with Crippen molar-refractivity contribution in [3.05, 3.63) is 65.7 Å². The molecule has 0 fully saturated rings. The van der Waals surface area contributed by atoms with Gasteiger partial charge in [0.05, 0.1) is 0 Å². The van der Waals surface area contributed by atoms with E-state index >= 15 is 0 Å². The Morgan fingerprint density at radius 2 is 1.25 bits per heavy atom. The Balaban J connectivity index is 1.82. The van der Waals surface area contributed by atoms with Gasteiger partial charge in [0.1, 0.15) is 7.85 Å². The van der Waals surface area contributed by atoms with Crippen LogP contribution in [-0.2, 0) is 12.8 Å². The molecule has 0 aliphatic heterocycles. The fraction of sp³-hybridized carbons (Fsp3) is 0.200. The molecule has 2 aromatic carbocycles. The van der Waals surface area contributed by atoms with Gasteiger partial charge in [0, 0.05) is 0 Å². The molecule has 2 aromatic rings. The van der Waals surface area contributed by atoms with E-state index in [-0.39, 0.29) is 0 Å². The van der Waals surface area contributed by atoms with Gasteiger partial charge in [-0.15, -0.1) is 0 Å². The van der Waals surface area contributed by atoms with E-state index in [4.69, 9.17) is 0 Å². The van der Waals surface area contributed by atoms with Crippen molar-refractivity contribution in [1.29, 1.82) is 0 Å². The van der Waals surface area contributed by atoms with Gasteiger partial charge in [-0.1, -0.05) is 60.1 Å². The van der Waals surface area contributed by atoms with Crippen LogP contribution < -0.4 is 5.46 Å². The third-order valence-corrected chi connectivity index (χ3v) is 2.89. The maximum atomic E-state index is 2.24. The average molecular weight is 208 g/mol. The highest BCUT2D eigenvalue weighted by Crippen LogP contribution is 2.07. The van der Waals surface area contributed by atoms with Crippen LogP contribution in [-0.4, -0.2) is 7.85 Å². The Morgan fingerprint density at radius 3 is 1.88 bits per heavy atom. The van der Waals surface area contributed by atoms with Gasteiger partial charge in [0.15, 0.2) is 0 Å². The van der Waals surface area contributed by atoms with Crippen molar-refractivity contribution >= 4 is 13.3 Å². The topological polar surface area (TPSA) is 0 Å². The maximum absolute atomic E-state index is 2.24. The summed E-state index contributed by atoms with van der Waals surface area (Å²) < 4.78 is 0. The summed E-state index contributed by atoms with van der Waals surface area (Å²) in [5.74, 6) is 0. The Labute approximate surface area is 98.7 Å². The molecule has 0 heterocycles. The summed E-state index contributed by atoms with van der Waals surface area (Å²) in [7, 11) is 2.13. The van der Waals surface area contributed by atoms with Gasteiger partial charge in [-0.05, 0) is 30.4 Å². The molecule has 0 nitrogen and oxygen atoms in total. The van der Waals surface area contributed by atoms with Crippen molar-refractivity contribution in [2.45, 2.75) is 19.3 Å². The third-order valence-electron chi connectivity index (χ3n) is 2.89. The van der Waals surface area contributed by atoms with E-state index in [1.807, 2.05) is 0 Å². The van der Waals surface area contributed by atoms with Crippen LogP contribution in [0.4, 0.5) is 0 Å². The molecular weight excluding hydrogens is 191 g/mol. The number of benzene rings is 2. The van der Waals surface area contributed by atoms with Gasteiger partial charge in [-0.25, -0.2) is 0 Å². The average Bonchev–Trinajstić information content (AvgIpc) is 2.33. The Bertz CT molecular complexity index is 417. The highest BCUT2D eigenvalue weighted by molar-refractivity contribution is 6.32. The zero-order chi connectivity index (χ0) is 11.2. The van der Waals surface area contributed by atoms with Crippen LogP contribution in [0.15, 0.2) is 54.6 Å². The van der Waals surface area contributed by atoms with E-state index in [9.17, 15) is 0 Å². The number of hydrogen-bond acceptors (Lipinski definition) is 0. The molecule has 0 aliphatic rings. The highest BCUT2D eigenvalue weighted by atomic mass is 14.0. The van der Waals surface area contributed by atoms with E-state index < -0.39 is 0 Å². The molecule has 16 heavy (non-hydrogen) atoms. The third kappa shape index (κ3) is 3.27. The van der Waals surface area contributed by atoms with E-state index in [1.54, 1.807) is 0 Å². The SMILES string of the molecule is Bc1ccc(CCCc2ccccc2)cc1. The lowest BCUT2D eigenvalue weighted by Crippen LogP contribution is -2.00.